The molecular formula is C28H31NO7. The second-order valence-corrected chi connectivity index (χ2v) is 10.00. The van der Waals surface area contributed by atoms with Crippen LogP contribution in [-0.2, 0) is 24.2 Å². The highest BCUT2D eigenvalue weighted by Gasteiger charge is 2.31. The zero-order valence-corrected chi connectivity index (χ0v) is 21.4. The molecule has 0 bridgehead atoms. The van der Waals surface area contributed by atoms with Crippen LogP contribution in [0.1, 0.15) is 42.5 Å². The summed E-state index contributed by atoms with van der Waals surface area (Å²) >= 11 is 0. The molecule has 2 aliphatic heterocycles. The summed E-state index contributed by atoms with van der Waals surface area (Å²) in [6.45, 7) is 6.80. The molecule has 0 unspecified atom stereocenters. The second kappa shape index (κ2) is 9.08. The lowest BCUT2D eigenvalue weighted by molar-refractivity contribution is -0.134. The van der Waals surface area contributed by atoms with E-state index in [-0.39, 0.29) is 18.1 Å². The summed E-state index contributed by atoms with van der Waals surface area (Å²) in [7, 11) is 3.21. The van der Waals surface area contributed by atoms with Gasteiger partial charge in [0, 0.05) is 30.8 Å². The van der Waals surface area contributed by atoms with Gasteiger partial charge in [-0.3, -0.25) is 4.79 Å². The molecule has 0 fully saturated rings. The molecule has 36 heavy (non-hydrogen) atoms. The van der Waals surface area contributed by atoms with E-state index in [4.69, 9.17) is 23.4 Å². The fourth-order valence-electron chi connectivity index (χ4n) is 5.06. The molecule has 3 aromatic rings. The lowest BCUT2D eigenvalue weighted by Crippen LogP contribution is -2.39. The van der Waals surface area contributed by atoms with Gasteiger partial charge in [0.1, 0.15) is 22.7 Å². The molecule has 190 valence electrons. The normalized spacial score (nSPS) is 16.1. The van der Waals surface area contributed by atoms with Crippen LogP contribution in [0, 0.1) is 6.92 Å². The molecule has 0 saturated heterocycles. The van der Waals surface area contributed by atoms with Crippen molar-refractivity contribution in [3.8, 4) is 23.0 Å². The van der Waals surface area contributed by atoms with Gasteiger partial charge >= 0.3 is 5.63 Å². The Labute approximate surface area is 209 Å². The van der Waals surface area contributed by atoms with Gasteiger partial charge in [-0.15, -0.1) is 0 Å². The summed E-state index contributed by atoms with van der Waals surface area (Å²) in [5.41, 5.74) is 3.49. The van der Waals surface area contributed by atoms with E-state index >= 15 is 0 Å². The van der Waals surface area contributed by atoms with Crippen LogP contribution in [0.15, 0.2) is 33.5 Å². The topological polar surface area (TPSA) is 87.4 Å². The number of hydrogen-bond acceptors (Lipinski definition) is 7. The first kappa shape index (κ1) is 24.0. The van der Waals surface area contributed by atoms with E-state index in [1.807, 2.05) is 39.0 Å². The summed E-state index contributed by atoms with van der Waals surface area (Å²) in [6, 6.07) is 7.17. The molecule has 0 N–H and O–H groups in total. The fourth-order valence-corrected chi connectivity index (χ4v) is 5.06. The van der Waals surface area contributed by atoms with Crippen molar-refractivity contribution in [1.29, 1.82) is 0 Å². The third-order valence-corrected chi connectivity index (χ3v) is 7.02. The van der Waals surface area contributed by atoms with E-state index in [0.717, 1.165) is 41.5 Å². The van der Waals surface area contributed by atoms with Crippen LogP contribution in [0.25, 0.3) is 11.0 Å². The number of carbonyl (C=O) groups is 1. The number of methoxy groups -OCH3 is 2. The van der Waals surface area contributed by atoms with Gasteiger partial charge in [-0.05, 0) is 68.9 Å². The largest absolute Gasteiger partial charge is 0.493 e. The van der Waals surface area contributed by atoms with Crippen molar-refractivity contribution in [2.45, 2.75) is 52.2 Å². The molecule has 3 heterocycles. The monoisotopic (exact) mass is 493 g/mol. The standard InChI is InChI=1S/C28H31NO7/c1-16-10-25(31)35-27-19-6-8-28(2,3)36-20(19)13-23(26(16)27)34-15-24(30)29-9-7-17-11-21(32-4)22(33-5)12-18(17)14-29/h10-13H,6-9,14-15H2,1-5H3. The minimum Gasteiger partial charge on any atom is -0.493 e. The van der Waals surface area contributed by atoms with Crippen LogP contribution in [-0.4, -0.2) is 43.8 Å². The first-order valence-corrected chi connectivity index (χ1v) is 12.1. The van der Waals surface area contributed by atoms with Gasteiger partial charge < -0.3 is 28.3 Å². The third-order valence-electron chi connectivity index (χ3n) is 7.02. The van der Waals surface area contributed by atoms with Gasteiger partial charge in [0.05, 0.1) is 19.6 Å². The molecule has 0 atom stereocenters. The Morgan fingerprint density at radius 3 is 2.47 bits per heavy atom. The number of benzene rings is 2. The zero-order valence-electron chi connectivity index (χ0n) is 21.4. The smallest absolute Gasteiger partial charge is 0.336 e. The Morgan fingerprint density at radius 1 is 1.03 bits per heavy atom. The van der Waals surface area contributed by atoms with Crippen molar-refractivity contribution in [2.75, 3.05) is 27.4 Å². The summed E-state index contributed by atoms with van der Waals surface area (Å²) in [5, 5.41) is 0.699. The Morgan fingerprint density at radius 2 is 1.75 bits per heavy atom. The average molecular weight is 494 g/mol. The minimum absolute atomic E-state index is 0.127. The number of nitrogens with zero attached hydrogens (tertiary/aromatic N) is 1. The van der Waals surface area contributed by atoms with E-state index in [2.05, 4.69) is 0 Å². The quantitative estimate of drug-likeness (QED) is 0.493. The van der Waals surface area contributed by atoms with Gasteiger partial charge in [0.25, 0.3) is 5.91 Å². The maximum atomic E-state index is 13.2. The average Bonchev–Trinajstić information content (AvgIpc) is 2.84. The molecule has 1 aromatic heterocycles. The molecule has 0 saturated carbocycles. The summed E-state index contributed by atoms with van der Waals surface area (Å²) < 4.78 is 28.7. The van der Waals surface area contributed by atoms with Crippen LogP contribution in [0.4, 0.5) is 0 Å². The number of aryl methyl sites for hydroxylation is 2. The van der Waals surface area contributed by atoms with Gasteiger partial charge in [0.2, 0.25) is 0 Å². The third kappa shape index (κ3) is 4.36. The van der Waals surface area contributed by atoms with Gasteiger partial charge in [-0.1, -0.05) is 0 Å². The predicted octanol–water partition coefficient (Wildman–Crippen LogP) is 4.19. The Balaban J connectivity index is 1.40. The summed E-state index contributed by atoms with van der Waals surface area (Å²) in [4.78, 5) is 27.1. The zero-order chi connectivity index (χ0) is 25.6. The molecule has 8 nitrogen and oxygen atoms in total. The van der Waals surface area contributed by atoms with Crippen molar-refractivity contribution >= 4 is 16.9 Å². The van der Waals surface area contributed by atoms with Crippen molar-refractivity contribution in [1.82, 2.24) is 4.90 Å². The predicted molar refractivity (Wildman–Crippen MR) is 134 cm³/mol. The SMILES string of the molecule is COc1cc2c(cc1OC)CN(C(=O)COc1cc3c(c4oc(=O)cc(C)c14)CCC(C)(C)O3)CC2. The molecule has 0 spiro atoms. The molecule has 0 radical (unpaired) electrons. The Kier molecular flexibility index (Phi) is 6.06. The lowest BCUT2D eigenvalue weighted by atomic mass is 9.92. The van der Waals surface area contributed by atoms with Crippen LogP contribution < -0.4 is 24.6 Å². The van der Waals surface area contributed by atoms with Crippen molar-refractivity contribution in [3.63, 3.8) is 0 Å². The Bertz CT molecular complexity index is 1410. The maximum Gasteiger partial charge on any atom is 0.336 e. The first-order chi connectivity index (χ1) is 17.2. The van der Waals surface area contributed by atoms with E-state index < -0.39 is 5.63 Å². The number of fused-ring (bicyclic) bond motifs is 4. The van der Waals surface area contributed by atoms with Crippen molar-refractivity contribution in [2.24, 2.45) is 0 Å². The number of amides is 1. The highest BCUT2D eigenvalue weighted by Crippen LogP contribution is 2.42. The van der Waals surface area contributed by atoms with Crippen LogP contribution >= 0.6 is 0 Å². The van der Waals surface area contributed by atoms with Crippen LogP contribution in [0.2, 0.25) is 0 Å². The van der Waals surface area contributed by atoms with Gasteiger partial charge in [-0.25, -0.2) is 4.79 Å². The van der Waals surface area contributed by atoms with Crippen LogP contribution in [0.5, 0.6) is 23.0 Å². The second-order valence-electron chi connectivity index (χ2n) is 10.00. The van der Waals surface area contributed by atoms with Crippen molar-refractivity contribution < 1.29 is 28.2 Å². The van der Waals surface area contributed by atoms with Gasteiger partial charge in [0.15, 0.2) is 18.1 Å². The first-order valence-electron chi connectivity index (χ1n) is 12.1. The maximum absolute atomic E-state index is 13.2. The number of ether oxygens (including phenoxy) is 4. The highest BCUT2D eigenvalue weighted by molar-refractivity contribution is 5.91. The lowest BCUT2D eigenvalue weighted by Gasteiger charge is -2.33. The minimum atomic E-state index is -0.417. The number of carbonyl (C=O) groups excluding carboxylic acids is 1. The molecule has 5 rings (SSSR count). The molecule has 1 amide bonds. The van der Waals surface area contributed by atoms with E-state index in [0.29, 0.717) is 47.1 Å². The summed E-state index contributed by atoms with van der Waals surface area (Å²) in [5.74, 6) is 2.30. The summed E-state index contributed by atoms with van der Waals surface area (Å²) in [6.07, 6.45) is 2.25. The molecule has 0 aliphatic carbocycles. The molecule has 8 heteroatoms. The van der Waals surface area contributed by atoms with E-state index in [1.54, 1.807) is 19.1 Å². The number of hydrogen-bond donors (Lipinski definition) is 0. The number of rotatable bonds is 5. The van der Waals surface area contributed by atoms with E-state index in [1.165, 1.54) is 6.07 Å². The highest BCUT2D eigenvalue weighted by atomic mass is 16.5. The van der Waals surface area contributed by atoms with Crippen molar-refractivity contribution in [3.05, 3.63) is 56.9 Å². The fraction of sp³-hybridized carbons (Fsp3) is 0.429. The van der Waals surface area contributed by atoms with E-state index in [9.17, 15) is 9.59 Å². The molecular weight excluding hydrogens is 462 g/mol. The molecule has 2 aliphatic rings. The van der Waals surface area contributed by atoms with Crippen LogP contribution in [0.3, 0.4) is 0 Å². The van der Waals surface area contributed by atoms with Gasteiger partial charge in [-0.2, -0.15) is 0 Å². The molecule has 2 aromatic carbocycles. The Hall–Kier alpha value is -3.68.